The van der Waals surface area contributed by atoms with Crippen molar-refractivity contribution in [3.8, 4) is 0 Å². The van der Waals surface area contributed by atoms with Crippen molar-refractivity contribution in [3.05, 3.63) is 59.0 Å². The van der Waals surface area contributed by atoms with Gasteiger partial charge in [-0.25, -0.2) is 4.98 Å². The first kappa shape index (κ1) is 16.9. The standard InChI is InChI=1S/C18H21ClN4O/c1-23-18-14(11-21-23)10-17(19)22-16(18)12-24-9-5-8-15(20)13-6-3-2-4-7-13/h2-4,6-7,10-11,15H,5,8-9,12,20H2,1H3. The van der Waals surface area contributed by atoms with Gasteiger partial charge in [0.25, 0.3) is 0 Å². The van der Waals surface area contributed by atoms with Gasteiger partial charge in [-0.3, -0.25) is 4.68 Å². The largest absolute Gasteiger partial charge is 0.375 e. The summed E-state index contributed by atoms with van der Waals surface area (Å²) >= 11 is 6.06. The molecule has 0 amide bonds. The van der Waals surface area contributed by atoms with Crippen molar-refractivity contribution in [2.45, 2.75) is 25.5 Å². The third kappa shape index (κ3) is 3.93. The molecule has 1 unspecified atom stereocenters. The van der Waals surface area contributed by atoms with Gasteiger partial charge in [0.2, 0.25) is 0 Å². The summed E-state index contributed by atoms with van der Waals surface area (Å²) < 4.78 is 7.57. The highest BCUT2D eigenvalue weighted by Gasteiger charge is 2.10. The van der Waals surface area contributed by atoms with Gasteiger partial charge in [-0.05, 0) is 24.5 Å². The molecule has 126 valence electrons. The number of fused-ring (bicyclic) bond motifs is 1. The zero-order valence-corrected chi connectivity index (χ0v) is 14.4. The normalized spacial score (nSPS) is 12.6. The third-order valence-corrected chi connectivity index (χ3v) is 4.22. The van der Waals surface area contributed by atoms with Crippen molar-refractivity contribution in [3.63, 3.8) is 0 Å². The summed E-state index contributed by atoms with van der Waals surface area (Å²) in [5, 5.41) is 5.68. The molecule has 0 saturated carbocycles. The maximum atomic E-state index is 6.19. The van der Waals surface area contributed by atoms with Crippen LogP contribution in [0.15, 0.2) is 42.6 Å². The zero-order valence-electron chi connectivity index (χ0n) is 13.7. The van der Waals surface area contributed by atoms with E-state index in [1.54, 1.807) is 10.9 Å². The van der Waals surface area contributed by atoms with E-state index in [2.05, 4.69) is 22.2 Å². The van der Waals surface area contributed by atoms with Crippen LogP contribution in [0, 0.1) is 0 Å². The molecular weight excluding hydrogens is 324 g/mol. The highest BCUT2D eigenvalue weighted by Crippen LogP contribution is 2.21. The number of benzene rings is 1. The Hall–Kier alpha value is -1.95. The molecule has 5 nitrogen and oxygen atoms in total. The van der Waals surface area contributed by atoms with Gasteiger partial charge in [0.1, 0.15) is 5.15 Å². The highest BCUT2D eigenvalue weighted by atomic mass is 35.5. The van der Waals surface area contributed by atoms with Gasteiger partial charge in [0.05, 0.1) is 24.0 Å². The molecule has 3 aromatic rings. The van der Waals surface area contributed by atoms with E-state index in [1.807, 2.05) is 31.3 Å². The SMILES string of the molecule is Cn1ncc2cc(Cl)nc(COCCCC(N)c3ccccc3)c21. The average Bonchev–Trinajstić information content (AvgIpc) is 2.96. The molecule has 0 bridgehead atoms. The molecule has 0 saturated heterocycles. The van der Waals surface area contributed by atoms with E-state index in [0.717, 1.165) is 35.0 Å². The molecule has 0 fully saturated rings. The van der Waals surface area contributed by atoms with Crippen LogP contribution in [-0.4, -0.2) is 21.4 Å². The molecule has 0 spiro atoms. The minimum Gasteiger partial charge on any atom is -0.375 e. The maximum absolute atomic E-state index is 6.19. The quantitative estimate of drug-likeness (QED) is 0.525. The lowest BCUT2D eigenvalue weighted by atomic mass is 10.0. The van der Waals surface area contributed by atoms with E-state index in [4.69, 9.17) is 22.1 Å². The van der Waals surface area contributed by atoms with E-state index < -0.39 is 0 Å². The summed E-state index contributed by atoms with van der Waals surface area (Å²) in [6, 6.07) is 12.0. The number of nitrogens with zero attached hydrogens (tertiary/aromatic N) is 3. The Kier molecular flexibility index (Phi) is 5.45. The fourth-order valence-electron chi connectivity index (χ4n) is 2.80. The second-order valence-electron chi connectivity index (χ2n) is 5.81. The molecule has 0 aliphatic carbocycles. The van der Waals surface area contributed by atoms with Crippen LogP contribution in [0.2, 0.25) is 5.15 Å². The lowest BCUT2D eigenvalue weighted by Crippen LogP contribution is -2.11. The van der Waals surface area contributed by atoms with Gasteiger partial charge in [-0.1, -0.05) is 41.9 Å². The minimum atomic E-state index is 0.0443. The van der Waals surface area contributed by atoms with Crippen LogP contribution < -0.4 is 5.73 Å². The van der Waals surface area contributed by atoms with Crippen molar-refractivity contribution < 1.29 is 4.74 Å². The molecule has 3 rings (SSSR count). The minimum absolute atomic E-state index is 0.0443. The molecule has 24 heavy (non-hydrogen) atoms. The Morgan fingerprint density at radius 3 is 2.88 bits per heavy atom. The number of hydrogen-bond donors (Lipinski definition) is 1. The molecule has 2 aromatic heterocycles. The Morgan fingerprint density at radius 2 is 2.08 bits per heavy atom. The fourth-order valence-corrected chi connectivity index (χ4v) is 3.02. The second-order valence-corrected chi connectivity index (χ2v) is 6.20. The Balaban J connectivity index is 1.51. The maximum Gasteiger partial charge on any atom is 0.130 e. The molecule has 6 heteroatoms. The predicted octanol–water partition coefficient (Wildman–Crippen LogP) is 3.62. The number of hydrogen-bond acceptors (Lipinski definition) is 4. The first-order chi connectivity index (χ1) is 11.6. The summed E-state index contributed by atoms with van der Waals surface area (Å²) in [7, 11) is 1.89. The smallest absolute Gasteiger partial charge is 0.130 e. The van der Waals surface area contributed by atoms with Gasteiger partial charge >= 0.3 is 0 Å². The topological polar surface area (TPSA) is 66.0 Å². The van der Waals surface area contributed by atoms with Gasteiger partial charge in [0, 0.05) is 25.1 Å². The monoisotopic (exact) mass is 344 g/mol. The number of aromatic nitrogens is 3. The number of ether oxygens (including phenoxy) is 1. The van der Waals surface area contributed by atoms with Gasteiger partial charge in [0.15, 0.2) is 0 Å². The summed E-state index contributed by atoms with van der Waals surface area (Å²) in [6.45, 7) is 1.05. The summed E-state index contributed by atoms with van der Waals surface area (Å²) in [4.78, 5) is 4.37. The van der Waals surface area contributed by atoms with Crippen molar-refractivity contribution >= 4 is 22.5 Å². The number of aryl methyl sites for hydroxylation is 1. The van der Waals surface area contributed by atoms with Crippen molar-refractivity contribution in [1.82, 2.24) is 14.8 Å². The predicted molar refractivity (Wildman–Crippen MR) is 95.8 cm³/mol. The first-order valence-electron chi connectivity index (χ1n) is 8.00. The molecule has 2 N–H and O–H groups in total. The number of pyridine rings is 1. The number of nitrogens with two attached hydrogens (primary N) is 1. The van der Waals surface area contributed by atoms with Crippen LogP contribution in [0.5, 0.6) is 0 Å². The van der Waals surface area contributed by atoms with E-state index in [9.17, 15) is 0 Å². The number of halogens is 1. The van der Waals surface area contributed by atoms with Crippen molar-refractivity contribution in [2.75, 3.05) is 6.61 Å². The zero-order chi connectivity index (χ0) is 16.9. The molecular formula is C18H21ClN4O. The summed E-state index contributed by atoms with van der Waals surface area (Å²) in [5.41, 5.74) is 9.12. The van der Waals surface area contributed by atoms with Crippen LogP contribution >= 0.6 is 11.6 Å². The lowest BCUT2D eigenvalue weighted by molar-refractivity contribution is 0.114. The van der Waals surface area contributed by atoms with Gasteiger partial charge in [-0.15, -0.1) is 0 Å². The fraction of sp³-hybridized carbons (Fsp3) is 0.333. The Morgan fingerprint density at radius 1 is 1.29 bits per heavy atom. The van der Waals surface area contributed by atoms with E-state index in [1.165, 1.54) is 0 Å². The average molecular weight is 345 g/mol. The first-order valence-corrected chi connectivity index (χ1v) is 8.38. The van der Waals surface area contributed by atoms with Crippen LogP contribution in [0.4, 0.5) is 0 Å². The molecule has 0 aliphatic rings. The number of rotatable bonds is 7. The molecule has 1 atom stereocenters. The highest BCUT2D eigenvalue weighted by molar-refractivity contribution is 6.30. The second kappa shape index (κ2) is 7.75. The van der Waals surface area contributed by atoms with Crippen molar-refractivity contribution in [1.29, 1.82) is 0 Å². The van der Waals surface area contributed by atoms with Gasteiger partial charge < -0.3 is 10.5 Å². The van der Waals surface area contributed by atoms with Gasteiger partial charge in [-0.2, -0.15) is 5.10 Å². The van der Waals surface area contributed by atoms with Crippen LogP contribution in [0.25, 0.3) is 10.9 Å². The van der Waals surface area contributed by atoms with Crippen LogP contribution in [0.3, 0.4) is 0 Å². The molecule has 2 heterocycles. The summed E-state index contributed by atoms with van der Waals surface area (Å²) in [6.07, 6.45) is 3.56. The third-order valence-electron chi connectivity index (χ3n) is 4.03. The lowest BCUT2D eigenvalue weighted by Gasteiger charge is -2.12. The molecule has 0 aliphatic heterocycles. The van der Waals surface area contributed by atoms with E-state index >= 15 is 0 Å². The Labute approximate surface area is 146 Å². The summed E-state index contributed by atoms with van der Waals surface area (Å²) in [5.74, 6) is 0. The van der Waals surface area contributed by atoms with Crippen molar-refractivity contribution in [2.24, 2.45) is 12.8 Å². The molecule has 0 radical (unpaired) electrons. The van der Waals surface area contributed by atoms with E-state index in [0.29, 0.717) is 18.4 Å². The molecule has 1 aromatic carbocycles. The van der Waals surface area contributed by atoms with Crippen LogP contribution in [0.1, 0.15) is 30.1 Å². The Bertz CT molecular complexity index is 803. The van der Waals surface area contributed by atoms with Crippen LogP contribution in [-0.2, 0) is 18.4 Å². The van der Waals surface area contributed by atoms with E-state index in [-0.39, 0.29) is 6.04 Å².